The van der Waals surface area contributed by atoms with Gasteiger partial charge in [-0.2, -0.15) is 0 Å². The highest BCUT2D eigenvalue weighted by atomic mass is 19.1. The Morgan fingerprint density at radius 2 is 2.23 bits per heavy atom. The van der Waals surface area contributed by atoms with E-state index in [1.807, 2.05) is 19.9 Å². The molecule has 0 fully saturated rings. The van der Waals surface area contributed by atoms with E-state index in [1.54, 1.807) is 6.07 Å². The number of nitrogens with zero attached hydrogens (tertiary/aromatic N) is 1. The number of fused-ring (bicyclic) bond motifs is 1. The van der Waals surface area contributed by atoms with Crippen molar-refractivity contribution in [1.29, 1.82) is 0 Å². The largest absolute Gasteiger partial charge is 0.342 e. The Labute approximate surface area is 75.8 Å². The van der Waals surface area contributed by atoms with Crippen LogP contribution in [-0.2, 0) is 6.42 Å². The smallest absolute Gasteiger partial charge is 0.154 e. The summed E-state index contributed by atoms with van der Waals surface area (Å²) < 4.78 is 13.6. The molecule has 1 aromatic heterocycles. The summed E-state index contributed by atoms with van der Waals surface area (Å²) in [6, 6.07) is 3.67. The van der Waals surface area contributed by atoms with Gasteiger partial charge in [-0.15, -0.1) is 0 Å². The molecule has 1 aromatic carbocycles. The summed E-state index contributed by atoms with van der Waals surface area (Å²) in [5, 5.41) is 0. The predicted molar refractivity (Wildman–Crippen MR) is 50.2 cm³/mol. The molecule has 0 bridgehead atoms. The lowest BCUT2D eigenvalue weighted by atomic mass is 10.1. The van der Waals surface area contributed by atoms with Crippen molar-refractivity contribution in [1.82, 2.24) is 9.97 Å². The molecule has 0 aliphatic heterocycles. The molecule has 0 amide bonds. The van der Waals surface area contributed by atoms with Crippen LogP contribution in [0, 0.1) is 12.7 Å². The summed E-state index contributed by atoms with van der Waals surface area (Å²) in [5.41, 5.74) is 1.95. The average molecular weight is 178 g/mol. The first-order chi connectivity index (χ1) is 6.22. The lowest BCUT2D eigenvalue weighted by Gasteiger charge is -1.98. The van der Waals surface area contributed by atoms with Gasteiger partial charge in [0.15, 0.2) is 5.82 Å². The first kappa shape index (κ1) is 8.23. The van der Waals surface area contributed by atoms with Crippen LogP contribution in [0.25, 0.3) is 11.0 Å². The average Bonchev–Trinajstić information content (AvgIpc) is 2.47. The zero-order valence-electron chi connectivity index (χ0n) is 7.69. The number of hydrogen-bond acceptors (Lipinski definition) is 1. The van der Waals surface area contributed by atoms with E-state index in [4.69, 9.17) is 0 Å². The first-order valence-electron chi connectivity index (χ1n) is 4.36. The molecule has 2 nitrogen and oxygen atoms in total. The molecule has 2 rings (SSSR count). The number of H-pyrrole nitrogens is 1. The van der Waals surface area contributed by atoms with E-state index < -0.39 is 0 Å². The molecule has 1 heterocycles. The second-order valence-electron chi connectivity index (χ2n) is 3.11. The van der Waals surface area contributed by atoms with Gasteiger partial charge in [0, 0.05) is 0 Å². The number of rotatable bonds is 1. The summed E-state index contributed by atoms with van der Waals surface area (Å²) in [4.78, 5) is 7.09. The van der Waals surface area contributed by atoms with Crippen LogP contribution in [0.4, 0.5) is 4.39 Å². The van der Waals surface area contributed by atoms with Crippen LogP contribution in [-0.4, -0.2) is 9.97 Å². The van der Waals surface area contributed by atoms with Gasteiger partial charge in [0.25, 0.3) is 0 Å². The Hall–Kier alpha value is -1.38. The molecule has 0 saturated heterocycles. The fraction of sp³-hybridized carbons (Fsp3) is 0.300. The van der Waals surface area contributed by atoms with Crippen molar-refractivity contribution in [3.63, 3.8) is 0 Å². The Balaban J connectivity index is 2.78. The lowest BCUT2D eigenvalue weighted by molar-refractivity contribution is 0.621. The van der Waals surface area contributed by atoms with Crippen molar-refractivity contribution in [3.8, 4) is 0 Å². The SMILES string of the molecule is CCc1ccc2[nH]c(C)nc2c1F. The summed E-state index contributed by atoms with van der Waals surface area (Å²) in [5.74, 6) is 0.562. The fourth-order valence-electron chi connectivity index (χ4n) is 1.48. The van der Waals surface area contributed by atoms with Gasteiger partial charge in [-0.3, -0.25) is 0 Å². The maximum atomic E-state index is 13.6. The van der Waals surface area contributed by atoms with Gasteiger partial charge in [-0.1, -0.05) is 13.0 Å². The van der Waals surface area contributed by atoms with Crippen LogP contribution in [0.2, 0.25) is 0 Å². The number of halogens is 1. The number of aryl methyl sites for hydroxylation is 2. The predicted octanol–water partition coefficient (Wildman–Crippen LogP) is 2.57. The molecular formula is C10H11FN2. The van der Waals surface area contributed by atoms with Crippen LogP contribution in [0.5, 0.6) is 0 Å². The summed E-state index contributed by atoms with van der Waals surface area (Å²) in [6.07, 6.45) is 0.702. The van der Waals surface area contributed by atoms with Crippen LogP contribution < -0.4 is 0 Å². The lowest BCUT2D eigenvalue weighted by Crippen LogP contribution is -1.88. The number of benzene rings is 1. The van der Waals surface area contributed by atoms with Crippen molar-refractivity contribution in [3.05, 3.63) is 29.3 Å². The monoisotopic (exact) mass is 178 g/mol. The Kier molecular flexibility index (Phi) is 1.79. The van der Waals surface area contributed by atoms with Crippen molar-refractivity contribution in [2.24, 2.45) is 0 Å². The molecular weight excluding hydrogens is 167 g/mol. The van der Waals surface area contributed by atoms with E-state index >= 15 is 0 Å². The highest BCUT2D eigenvalue weighted by molar-refractivity contribution is 5.76. The quantitative estimate of drug-likeness (QED) is 0.714. The third kappa shape index (κ3) is 1.20. The van der Waals surface area contributed by atoms with Crippen molar-refractivity contribution < 1.29 is 4.39 Å². The molecule has 0 saturated carbocycles. The van der Waals surface area contributed by atoms with E-state index in [0.29, 0.717) is 11.9 Å². The molecule has 1 N–H and O–H groups in total. The third-order valence-electron chi connectivity index (χ3n) is 2.17. The Morgan fingerprint density at radius 3 is 2.92 bits per heavy atom. The van der Waals surface area contributed by atoms with E-state index in [-0.39, 0.29) is 5.82 Å². The van der Waals surface area contributed by atoms with Crippen molar-refractivity contribution in [2.45, 2.75) is 20.3 Å². The second-order valence-corrected chi connectivity index (χ2v) is 3.11. The minimum atomic E-state index is -0.190. The standard InChI is InChI=1S/C10H11FN2/c1-3-7-4-5-8-10(9(7)11)13-6(2)12-8/h4-5H,3H2,1-2H3,(H,12,13). The van der Waals surface area contributed by atoms with Gasteiger partial charge in [-0.25, -0.2) is 9.37 Å². The van der Waals surface area contributed by atoms with Gasteiger partial charge in [-0.05, 0) is 25.0 Å². The number of hydrogen-bond donors (Lipinski definition) is 1. The zero-order chi connectivity index (χ0) is 9.42. The van der Waals surface area contributed by atoms with E-state index in [0.717, 1.165) is 16.9 Å². The molecule has 0 spiro atoms. The molecule has 0 aliphatic rings. The Bertz CT molecular complexity index is 445. The number of aromatic amines is 1. The topological polar surface area (TPSA) is 28.7 Å². The highest BCUT2D eigenvalue weighted by Gasteiger charge is 2.08. The minimum absolute atomic E-state index is 0.190. The third-order valence-corrected chi connectivity index (χ3v) is 2.17. The summed E-state index contributed by atoms with van der Waals surface area (Å²) in [6.45, 7) is 3.76. The highest BCUT2D eigenvalue weighted by Crippen LogP contribution is 2.19. The first-order valence-corrected chi connectivity index (χ1v) is 4.36. The maximum Gasteiger partial charge on any atom is 0.154 e. The van der Waals surface area contributed by atoms with Gasteiger partial charge < -0.3 is 4.98 Å². The zero-order valence-corrected chi connectivity index (χ0v) is 7.69. The fourth-order valence-corrected chi connectivity index (χ4v) is 1.48. The number of imidazole rings is 1. The van der Waals surface area contributed by atoms with Gasteiger partial charge in [0.2, 0.25) is 0 Å². The van der Waals surface area contributed by atoms with E-state index in [1.165, 1.54) is 0 Å². The van der Waals surface area contributed by atoms with Crippen LogP contribution >= 0.6 is 0 Å². The van der Waals surface area contributed by atoms with E-state index in [2.05, 4.69) is 9.97 Å². The molecule has 0 aliphatic carbocycles. The molecule has 13 heavy (non-hydrogen) atoms. The molecule has 0 atom stereocenters. The van der Waals surface area contributed by atoms with Crippen LogP contribution in [0.1, 0.15) is 18.3 Å². The summed E-state index contributed by atoms with van der Waals surface area (Å²) in [7, 11) is 0. The maximum absolute atomic E-state index is 13.6. The van der Waals surface area contributed by atoms with Gasteiger partial charge >= 0.3 is 0 Å². The van der Waals surface area contributed by atoms with Crippen molar-refractivity contribution in [2.75, 3.05) is 0 Å². The van der Waals surface area contributed by atoms with Crippen molar-refractivity contribution >= 4 is 11.0 Å². The molecule has 3 heteroatoms. The summed E-state index contributed by atoms with van der Waals surface area (Å²) >= 11 is 0. The molecule has 68 valence electrons. The van der Waals surface area contributed by atoms with E-state index in [9.17, 15) is 4.39 Å². The molecule has 2 aromatic rings. The second kappa shape index (κ2) is 2.83. The van der Waals surface area contributed by atoms with Crippen LogP contribution in [0.15, 0.2) is 12.1 Å². The van der Waals surface area contributed by atoms with Gasteiger partial charge in [0.1, 0.15) is 11.3 Å². The minimum Gasteiger partial charge on any atom is -0.342 e. The van der Waals surface area contributed by atoms with Gasteiger partial charge in [0.05, 0.1) is 5.52 Å². The normalized spacial score (nSPS) is 11.0. The molecule has 0 radical (unpaired) electrons. The van der Waals surface area contributed by atoms with Crippen LogP contribution in [0.3, 0.4) is 0 Å². The number of nitrogens with one attached hydrogen (secondary N) is 1. The number of aromatic nitrogens is 2. The Morgan fingerprint density at radius 1 is 1.46 bits per heavy atom. The molecule has 0 unspecified atom stereocenters.